The molecular formula is C20H26ClN5O4S. The fourth-order valence-electron chi connectivity index (χ4n) is 3.54. The number of aromatic nitrogens is 2. The zero-order chi connectivity index (χ0) is 22.3. The van der Waals surface area contributed by atoms with E-state index in [1.54, 1.807) is 24.5 Å². The molecule has 1 aliphatic rings. The molecule has 2 aromatic heterocycles. The summed E-state index contributed by atoms with van der Waals surface area (Å²) in [7, 11) is -3.66. The Morgan fingerprint density at radius 2 is 1.94 bits per heavy atom. The second-order valence-electron chi connectivity index (χ2n) is 7.35. The second kappa shape index (κ2) is 10.9. The molecule has 1 N–H and O–H groups in total. The average molecular weight is 468 g/mol. The lowest BCUT2D eigenvalue weighted by Gasteiger charge is -2.35. The van der Waals surface area contributed by atoms with Gasteiger partial charge in [-0.05, 0) is 43.5 Å². The van der Waals surface area contributed by atoms with E-state index in [4.69, 9.17) is 11.6 Å². The Morgan fingerprint density at radius 3 is 2.55 bits per heavy atom. The summed E-state index contributed by atoms with van der Waals surface area (Å²) < 4.78 is 27.3. The summed E-state index contributed by atoms with van der Waals surface area (Å²) in [4.78, 5) is 21.6. The molecule has 0 aromatic carbocycles. The lowest BCUT2D eigenvalue weighted by atomic mass is 10.1. The lowest BCUT2D eigenvalue weighted by Crippen LogP contribution is -2.51. The molecule has 0 radical (unpaired) electrons. The summed E-state index contributed by atoms with van der Waals surface area (Å²) in [6.45, 7) is 1.60. The Bertz CT molecular complexity index is 938. The molecule has 1 amide bonds. The van der Waals surface area contributed by atoms with Crippen molar-refractivity contribution in [3.05, 3.63) is 53.4 Å². The molecular weight excluding hydrogens is 442 g/mol. The van der Waals surface area contributed by atoms with Gasteiger partial charge in [0.25, 0.3) is 0 Å². The Balaban J connectivity index is 1.56. The molecule has 168 valence electrons. The fraction of sp³-hybridized carbons (Fsp3) is 0.450. The molecule has 1 unspecified atom stereocenters. The summed E-state index contributed by atoms with van der Waals surface area (Å²) in [6, 6.07) is 8.33. The second-order valence-corrected chi connectivity index (χ2v) is 9.80. The molecule has 3 rings (SSSR count). The predicted molar refractivity (Wildman–Crippen MR) is 117 cm³/mol. The normalized spacial score (nSPS) is 16.1. The molecule has 31 heavy (non-hydrogen) atoms. The maximum Gasteiger partial charge on any atom is 0.233 e. The van der Waals surface area contributed by atoms with E-state index in [1.807, 2.05) is 23.1 Å². The summed E-state index contributed by atoms with van der Waals surface area (Å²) in [6.07, 6.45) is 5.09. The van der Waals surface area contributed by atoms with Gasteiger partial charge in [0.1, 0.15) is 5.82 Å². The SMILES string of the molecule is O=CN(O)C(CCCc1ccccn1)CS(=O)(=O)N1CCN(c2ccc(Cl)cn2)CC1. The fourth-order valence-corrected chi connectivity index (χ4v) is 5.39. The number of aryl methyl sites for hydroxylation is 1. The summed E-state index contributed by atoms with van der Waals surface area (Å²) in [5.74, 6) is 0.417. The first kappa shape index (κ1) is 23.4. The van der Waals surface area contributed by atoms with Crippen LogP contribution in [0.15, 0.2) is 42.7 Å². The smallest absolute Gasteiger partial charge is 0.233 e. The molecule has 3 heterocycles. The minimum atomic E-state index is -3.66. The van der Waals surface area contributed by atoms with Crippen molar-refractivity contribution >= 4 is 33.9 Å². The van der Waals surface area contributed by atoms with Crippen LogP contribution in [0.3, 0.4) is 0 Å². The third-order valence-electron chi connectivity index (χ3n) is 5.25. The molecule has 1 saturated heterocycles. The molecule has 0 aliphatic carbocycles. The number of piperazine rings is 1. The Labute approximate surface area is 187 Å². The maximum atomic E-state index is 12.9. The van der Waals surface area contributed by atoms with Crippen molar-refractivity contribution < 1.29 is 18.4 Å². The number of nitrogens with zero attached hydrogens (tertiary/aromatic N) is 5. The van der Waals surface area contributed by atoms with Gasteiger partial charge in [0.05, 0.1) is 16.8 Å². The monoisotopic (exact) mass is 467 g/mol. The number of hydroxylamine groups is 2. The third kappa shape index (κ3) is 6.60. The van der Waals surface area contributed by atoms with Crippen molar-refractivity contribution in [1.82, 2.24) is 19.3 Å². The van der Waals surface area contributed by atoms with Crippen molar-refractivity contribution in [2.24, 2.45) is 0 Å². The Morgan fingerprint density at radius 1 is 1.16 bits per heavy atom. The van der Waals surface area contributed by atoms with Gasteiger partial charge in [0.2, 0.25) is 16.4 Å². The molecule has 0 saturated carbocycles. The minimum absolute atomic E-state index is 0.255. The Kier molecular flexibility index (Phi) is 8.19. The number of hydrogen-bond donors (Lipinski definition) is 1. The summed E-state index contributed by atoms with van der Waals surface area (Å²) in [5, 5.41) is 10.9. The van der Waals surface area contributed by atoms with E-state index in [0.29, 0.717) is 55.5 Å². The van der Waals surface area contributed by atoms with Gasteiger partial charge in [0, 0.05) is 44.3 Å². The van der Waals surface area contributed by atoms with Gasteiger partial charge in [-0.25, -0.2) is 18.5 Å². The first-order valence-electron chi connectivity index (χ1n) is 10.1. The third-order valence-corrected chi connectivity index (χ3v) is 7.43. The number of carbonyl (C=O) groups excluding carboxylic acids is 1. The topological polar surface area (TPSA) is 107 Å². The first-order chi connectivity index (χ1) is 14.9. The van der Waals surface area contributed by atoms with Crippen LogP contribution in [0.25, 0.3) is 0 Å². The molecule has 0 bridgehead atoms. The van der Waals surface area contributed by atoms with Gasteiger partial charge < -0.3 is 4.90 Å². The van der Waals surface area contributed by atoms with E-state index in [9.17, 15) is 18.4 Å². The van der Waals surface area contributed by atoms with Crippen molar-refractivity contribution in [1.29, 1.82) is 0 Å². The van der Waals surface area contributed by atoms with E-state index in [0.717, 1.165) is 11.5 Å². The molecule has 1 fully saturated rings. The van der Waals surface area contributed by atoms with Gasteiger partial charge >= 0.3 is 0 Å². The summed E-state index contributed by atoms with van der Waals surface area (Å²) >= 11 is 5.87. The standard InChI is InChI=1S/C20H26ClN5O4S/c21-17-7-8-20(23-14-17)24-10-12-25(13-11-24)31(29,30)15-19(26(28)16-27)6-3-5-18-4-1-2-9-22-18/h1-2,4,7-9,14,16,19,28H,3,5-6,10-13,15H2. The highest BCUT2D eigenvalue weighted by atomic mass is 35.5. The van der Waals surface area contributed by atoms with Crippen molar-refractivity contribution in [2.75, 3.05) is 36.8 Å². The highest BCUT2D eigenvalue weighted by Gasteiger charge is 2.31. The molecule has 11 heteroatoms. The van der Waals surface area contributed by atoms with Crippen LogP contribution in [0.5, 0.6) is 0 Å². The molecule has 2 aromatic rings. The number of rotatable bonds is 10. The quantitative estimate of drug-likeness (QED) is 0.322. The zero-order valence-electron chi connectivity index (χ0n) is 17.0. The highest BCUT2D eigenvalue weighted by molar-refractivity contribution is 7.89. The number of anilines is 1. The number of sulfonamides is 1. The number of hydrogen-bond acceptors (Lipinski definition) is 7. The van der Waals surface area contributed by atoms with Crippen LogP contribution in [0, 0.1) is 0 Å². The molecule has 1 aliphatic heterocycles. The van der Waals surface area contributed by atoms with Crippen LogP contribution in [0.2, 0.25) is 5.02 Å². The van der Waals surface area contributed by atoms with E-state index in [1.165, 1.54) is 4.31 Å². The molecule has 1 atom stereocenters. The van der Waals surface area contributed by atoms with Crippen LogP contribution >= 0.6 is 11.6 Å². The van der Waals surface area contributed by atoms with Crippen molar-refractivity contribution in [3.8, 4) is 0 Å². The summed E-state index contributed by atoms with van der Waals surface area (Å²) in [5.41, 5.74) is 0.881. The van der Waals surface area contributed by atoms with E-state index >= 15 is 0 Å². The minimum Gasteiger partial charge on any atom is -0.354 e. The van der Waals surface area contributed by atoms with E-state index in [2.05, 4.69) is 9.97 Å². The largest absolute Gasteiger partial charge is 0.354 e. The number of pyridine rings is 2. The van der Waals surface area contributed by atoms with Gasteiger partial charge in [-0.15, -0.1) is 0 Å². The number of carbonyl (C=O) groups is 1. The van der Waals surface area contributed by atoms with Crippen LogP contribution in [-0.2, 0) is 21.2 Å². The number of halogens is 1. The zero-order valence-corrected chi connectivity index (χ0v) is 18.6. The average Bonchev–Trinajstić information content (AvgIpc) is 2.79. The Hall–Kier alpha value is -2.27. The highest BCUT2D eigenvalue weighted by Crippen LogP contribution is 2.19. The molecule has 9 nitrogen and oxygen atoms in total. The van der Waals surface area contributed by atoms with Gasteiger partial charge in [0.15, 0.2) is 0 Å². The van der Waals surface area contributed by atoms with Crippen LogP contribution in [-0.4, -0.2) is 77.3 Å². The maximum absolute atomic E-state index is 12.9. The lowest BCUT2D eigenvalue weighted by molar-refractivity contribution is -0.158. The first-order valence-corrected chi connectivity index (χ1v) is 12.0. The van der Waals surface area contributed by atoms with Crippen molar-refractivity contribution in [2.45, 2.75) is 25.3 Å². The predicted octanol–water partition coefficient (Wildman–Crippen LogP) is 1.82. The van der Waals surface area contributed by atoms with Crippen LogP contribution in [0.1, 0.15) is 18.5 Å². The number of amides is 1. The van der Waals surface area contributed by atoms with Gasteiger partial charge in [-0.3, -0.25) is 15.0 Å². The van der Waals surface area contributed by atoms with Crippen LogP contribution < -0.4 is 4.90 Å². The van der Waals surface area contributed by atoms with E-state index in [-0.39, 0.29) is 12.2 Å². The van der Waals surface area contributed by atoms with E-state index < -0.39 is 16.1 Å². The van der Waals surface area contributed by atoms with Crippen LogP contribution in [0.4, 0.5) is 5.82 Å². The van der Waals surface area contributed by atoms with Gasteiger partial charge in [-0.1, -0.05) is 17.7 Å². The molecule has 0 spiro atoms. The van der Waals surface area contributed by atoms with Gasteiger partial charge in [-0.2, -0.15) is 4.31 Å². The van der Waals surface area contributed by atoms with Crippen molar-refractivity contribution in [3.63, 3.8) is 0 Å².